The van der Waals surface area contributed by atoms with Crippen LogP contribution in [0.5, 0.6) is 5.75 Å². The lowest BCUT2D eigenvalue weighted by molar-refractivity contribution is -0.141. The Morgan fingerprint density at radius 3 is 2.29 bits per heavy atom. The standard InChI is InChI=1S/C22H30N2O4/c1-16(25)18-6-7-20(28-2)19(14-18)15-21(26)23-12-8-17(9-13-23)22(27)24-10-4-3-5-11-24/h6-7,14,17H,3-5,8-13,15H2,1-2H3. The summed E-state index contributed by atoms with van der Waals surface area (Å²) < 4.78 is 5.35. The number of likely N-dealkylation sites (tertiary alicyclic amines) is 2. The molecule has 0 unspecified atom stereocenters. The highest BCUT2D eigenvalue weighted by Crippen LogP contribution is 2.25. The van der Waals surface area contributed by atoms with Gasteiger partial charge in [0.05, 0.1) is 13.5 Å². The highest BCUT2D eigenvalue weighted by atomic mass is 16.5. The van der Waals surface area contributed by atoms with E-state index < -0.39 is 0 Å². The van der Waals surface area contributed by atoms with Crippen molar-refractivity contribution in [3.05, 3.63) is 29.3 Å². The lowest BCUT2D eigenvalue weighted by Crippen LogP contribution is -2.46. The van der Waals surface area contributed by atoms with Gasteiger partial charge in [0.25, 0.3) is 0 Å². The maximum Gasteiger partial charge on any atom is 0.227 e. The van der Waals surface area contributed by atoms with Gasteiger partial charge in [-0.1, -0.05) is 0 Å². The molecule has 0 atom stereocenters. The number of methoxy groups -OCH3 is 1. The molecule has 0 aliphatic carbocycles. The molecule has 6 nitrogen and oxygen atoms in total. The van der Waals surface area contributed by atoms with Crippen molar-refractivity contribution >= 4 is 17.6 Å². The highest BCUT2D eigenvalue weighted by Gasteiger charge is 2.30. The molecule has 152 valence electrons. The van der Waals surface area contributed by atoms with Crippen LogP contribution in [0.25, 0.3) is 0 Å². The second kappa shape index (κ2) is 9.22. The third-order valence-corrected chi connectivity index (χ3v) is 5.89. The van der Waals surface area contributed by atoms with Gasteiger partial charge in [-0.3, -0.25) is 14.4 Å². The Kier molecular flexibility index (Phi) is 6.70. The van der Waals surface area contributed by atoms with Crippen LogP contribution in [0.3, 0.4) is 0 Å². The smallest absolute Gasteiger partial charge is 0.227 e. The van der Waals surface area contributed by atoms with Gasteiger partial charge >= 0.3 is 0 Å². The van der Waals surface area contributed by atoms with Crippen LogP contribution >= 0.6 is 0 Å². The number of hydrogen-bond acceptors (Lipinski definition) is 4. The lowest BCUT2D eigenvalue weighted by Gasteiger charge is -2.35. The van der Waals surface area contributed by atoms with Crippen LogP contribution in [-0.4, -0.2) is 60.7 Å². The van der Waals surface area contributed by atoms with Gasteiger partial charge < -0.3 is 14.5 Å². The Bertz CT molecular complexity index is 732. The van der Waals surface area contributed by atoms with Crippen molar-refractivity contribution in [1.82, 2.24) is 9.80 Å². The maximum atomic E-state index is 12.8. The zero-order valence-corrected chi connectivity index (χ0v) is 16.9. The molecule has 28 heavy (non-hydrogen) atoms. The summed E-state index contributed by atoms with van der Waals surface area (Å²) in [5.74, 6) is 0.908. The van der Waals surface area contributed by atoms with Crippen LogP contribution in [0, 0.1) is 5.92 Å². The Hall–Kier alpha value is -2.37. The topological polar surface area (TPSA) is 66.9 Å². The van der Waals surface area contributed by atoms with Crippen LogP contribution in [0.15, 0.2) is 18.2 Å². The minimum absolute atomic E-state index is 0.0165. The molecule has 2 aliphatic rings. The third kappa shape index (κ3) is 4.72. The van der Waals surface area contributed by atoms with E-state index in [0.717, 1.165) is 44.3 Å². The molecule has 2 saturated heterocycles. The molecule has 2 fully saturated rings. The fourth-order valence-corrected chi connectivity index (χ4v) is 4.16. The van der Waals surface area contributed by atoms with Gasteiger partial charge in [-0.05, 0) is 57.2 Å². The van der Waals surface area contributed by atoms with E-state index in [9.17, 15) is 14.4 Å². The van der Waals surface area contributed by atoms with E-state index in [2.05, 4.69) is 0 Å². The van der Waals surface area contributed by atoms with Crippen molar-refractivity contribution in [3.63, 3.8) is 0 Å². The first-order valence-corrected chi connectivity index (χ1v) is 10.2. The summed E-state index contributed by atoms with van der Waals surface area (Å²) in [4.78, 5) is 40.9. The molecular weight excluding hydrogens is 356 g/mol. The second-order valence-corrected chi connectivity index (χ2v) is 7.80. The zero-order chi connectivity index (χ0) is 20.1. The van der Waals surface area contributed by atoms with Crippen LogP contribution in [0.4, 0.5) is 0 Å². The van der Waals surface area contributed by atoms with E-state index in [-0.39, 0.29) is 29.9 Å². The van der Waals surface area contributed by atoms with E-state index in [1.165, 1.54) is 13.3 Å². The minimum atomic E-state index is -0.0339. The summed E-state index contributed by atoms with van der Waals surface area (Å²) in [6, 6.07) is 5.20. The lowest BCUT2D eigenvalue weighted by atomic mass is 9.94. The number of rotatable bonds is 5. The summed E-state index contributed by atoms with van der Waals surface area (Å²) >= 11 is 0. The number of amides is 2. The largest absolute Gasteiger partial charge is 0.496 e. The van der Waals surface area contributed by atoms with Gasteiger partial charge in [-0.15, -0.1) is 0 Å². The monoisotopic (exact) mass is 386 g/mol. The summed E-state index contributed by atoms with van der Waals surface area (Å²) in [6.07, 6.45) is 5.08. The highest BCUT2D eigenvalue weighted by molar-refractivity contribution is 5.94. The maximum absolute atomic E-state index is 12.8. The average Bonchev–Trinajstić information content (AvgIpc) is 2.73. The molecular formula is C22H30N2O4. The molecule has 0 N–H and O–H groups in total. The van der Waals surface area contributed by atoms with E-state index in [1.807, 2.05) is 9.80 Å². The number of nitrogens with zero attached hydrogens (tertiary/aromatic N) is 2. The predicted molar refractivity (Wildman–Crippen MR) is 106 cm³/mol. The Morgan fingerprint density at radius 2 is 1.68 bits per heavy atom. The Labute approximate surface area is 166 Å². The van der Waals surface area contributed by atoms with Gasteiger partial charge in [0.2, 0.25) is 11.8 Å². The van der Waals surface area contributed by atoms with Crippen molar-refractivity contribution in [2.24, 2.45) is 5.92 Å². The van der Waals surface area contributed by atoms with Crippen molar-refractivity contribution in [1.29, 1.82) is 0 Å². The van der Waals surface area contributed by atoms with Gasteiger partial charge in [-0.2, -0.15) is 0 Å². The molecule has 6 heteroatoms. The molecule has 0 aromatic heterocycles. The normalized spacial score (nSPS) is 18.1. The van der Waals surface area contributed by atoms with Crippen LogP contribution in [-0.2, 0) is 16.0 Å². The molecule has 3 rings (SSSR count). The Balaban J connectivity index is 1.57. The number of benzene rings is 1. The fourth-order valence-electron chi connectivity index (χ4n) is 4.16. The Morgan fingerprint density at radius 1 is 1.00 bits per heavy atom. The third-order valence-electron chi connectivity index (χ3n) is 5.89. The van der Waals surface area contributed by atoms with Gasteiger partial charge in [0.1, 0.15) is 5.75 Å². The predicted octanol–water partition coefficient (Wildman–Crippen LogP) is 2.69. The van der Waals surface area contributed by atoms with E-state index in [1.54, 1.807) is 25.3 Å². The number of ketones is 1. The molecule has 1 aromatic rings. The van der Waals surface area contributed by atoms with Crippen LogP contribution in [0.1, 0.15) is 54.9 Å². The molecule has 2 aliphatic heterocycles. The number of ether oxygens (including phenoxy) is 1. The van der Waals surface area contributed by atoms with Crippen molar-refractivity contribution in [2.75, 3.05) is 33.3 Å². The van der Waals surface area contributed by atoms with Crippen molar-refractivity contribution in [2.45, 2.75) is 45.4 Å². The molecule has 0 bridgehead atoms. The first-order valence-electron chi connectivity index (χ1n) is 10.2. The number of carbonyl (C=O) groups is 3. The molecule has 2 amide bonds. The number of carbonyl (C=O) groups excluding carboxylic acids is 3. The molecule has 2 heterocycles. The van der Waals surface area contributed by atoms with Gasteiger partial charge in [0, 0.05) is 43.2 Å². The van der Waals surface area contributed by atoms with Crippen LogP contribution < -0.4 is 4.74 Å². The molecule has 0 spiro atoms. The summed E-state index contributed by atoms with van der Waals surface area (Å²) in [6.45, 7) is 4.49. The average molecular weight is 386 g/mol. The van der Waals surface area contributed by atoms with E-state index in [0.29, 0.717) is 24.4 Å². The summed E-state index contributed by atoms with van der Waals surface area (Å²) in [5, 5.41) is 0. The first kappa shape index (κ1) is 20.4. The number of piperidine rings is 2. The molecule has 0 saturated carbocycles. The van der Waals surface area contributed by atoms with Crippen molar-refractivity contribution < 1.29 is 19.1 Å². The quantitative estimate of drug-likeness (QED) is 0.730. The molecule has 0 radical (unpaired) electrons. The number of hydrogen-bond donors (Lipinski definition) is 0. The van der Waals surface area contributed by atoms with Crippen LogP contribution in [0.2, 0.25) is 0 Å². The fraction of sp³-hybridized carbons (Fsp3) is 0.591. The second-order valence-electron chi connectivity index (χ2n) is 7.80. The summed E-state index contributed by atoms with van der Waals surface area (Å²) in [7, 11) is 1.56. The van der Waals surface area contributed by atoms with Gasteiger partial charge in [-0.25, -0.2) is 0 Å². The zero-order valence-electron chi connectivity index (χ0n) is 16.9. The van der Waals surface area contributed by atoms with E-state index in [4.69, 9.17) is 4.74 Å². The first-order chi connectivity index (χ1) is 13.5. The SMILES string of the molecule is COc1ccc(C(C)=O)cc1CC(=O)N1CCC(C(=O)N2CCCCC2)CC1. The molecule has 1 aromatic carbocycles. The van der Waals surface area contributed by atoms with Gasteiger partial charge in [0.15, 0.2) is 5.78 Å². The van der Waals surface area contributed by atoms with Crippen molar-refractivity contribution in [3.8, 4) is 5.75 Å². The number of Topliss-reactive ketones (excluding diaryl/α,β-unsaturated/α-hetero) is 1. The van der Waals surface area contributed by atoms with E-state index >= 15 is 0 Å². The minimum Gasteiger partial charge on any atom is -0.496 e. The summed E-state index contributed by atoms with van der Waals surface area (Å²) in [5.41, 5.74) is 1.31.